The summed E-state index contributed by atoms with van der Waals surface area (Å²) in [7, 11) is 0. The van der Waals surface area contributed by atoms with Crippen molar-refractivity contribution in [1.29, 1.82) is 0 Å². The van der Waals surface area contributed by atoms with Crippen LogP contribution in [0.5, 0.6) is 5.75 Å². The van der Waals surface area contributed by atoms with Gasteiger partial charge in [-0.25, -0.2) is 14.4 Å². The van der Waals surface area contributed by atoms with E-state index >= 15 is 0 Å². The van der Waals surface area contributed by atoms with Gasteiger partial charge >= 0.3 is 6.18 Å². The van der Waals surface area contributed by atoms with Crippen LogP contribution in [0.15, 0.2) is 24.4 Å². The third kappa shape index (κ3) is 4.61. The van der Waals surface area contributed by atoms with Crippen molar-refractivity contribution in [2.75, 3.05) is 29.9 Å². The van der Waals surface area contributed by atoms with Gasteiger partial charge in [0.05, 0.1) is 18.7 Å². The number of ether oxygens (including phenoxy) is 1. The lowest BCUT2D eigenvalue weighted by atomic mass is 10.2. The van der Waals surface area contributed by atoms with Crippen LogP contribution in [0.3, 0.4) is 0 Å². The molecule has 0 atom stereocenters. The summed E-state index contributed by atoms with van der Waals surface area (Å²) >= 11 is 5.58. The maximum Gasteiger partial charge on any atom is 0.421 e. The molecule has 2 heterocycles. The van der Waals surface area contributed by atoms with Crippen molar-refractivity contribution in [1.82, 2.24) is 9.97 Å². The van der Waals surface area contributed by atoms with Gasteiger partial charge in [0.2, 0.25) is 11.2 Å². The normalized spacial score (nSPS) is 14.3. The molecule has 1 aliphatic rings. The molecule has 1 aliphatic heterocycles. The number of nitrogens with one attached hydrogen (secondary N) is 1. The quantitative estimate of drug-likeness (QED) is 0.453. The molecular weight excluding hydrogens is 404 g/mol. The second kappa shape index (κ2) is 8.17. The number of alkyl halides is 3. The Morgan fingerprint density at radius 2 is 2.11 bits per heavy atom. The van der Waals surface area contributed by atoms with Crippen LogP contribution >= 0.6 is 11.6 Å². The van der Waals surface area contributed by atoms with Crippen molar-refractivity contribution in [2.45, 2.75) is 19.0 Å². The van der Waals surface area contributed by atoms with Gasteiger partial charge in [-0.15, -0.1) is 0 Å². The average Bonchev–Trinajstić information content (AvgIpc) is 2.76. The lowest BCUT2D eigenvalue weighted by Gasteiger charge is -2.22. The molecule has 1 N–H and O–H groups in total. The zero-order valence-corrected chi connectivity index (χ0v) is 15.1. The Balaban J connectivity index is 1.67. The fraction of sp³-hybridized carbons (Fsp3) is 0.353. The lowest BCUT2D eigenvalue weighted by molar-refractivity contribution is -0.137. The summed E-state index contributed by atoms with van der Waals surface area (Å²) in [5.74, 6) is -0.886. The topological polar surface area (TPSA) is 67.3 Å². The summed E-state index contributed by atoms with van der Waals surface area (Å²) in [5.41, 5.74) is -0.609. The van der Waals surface area contributed by atoms with Crippen LogP contribution in [-0.2, 0) is 11.0 Å². The van der Waals surface area contributed by atoms with Crippen molar-refractivity contribution in [2.24, 2.45) is 0 Å². The van der Waals surface area contributed by atoms with Crippen molar-refractivity contribution >= 4 is 29.0 Å². The average molecular weight is 419 g/mol. The van der Waals surface area contributed by atoms with E-state index in [4.69, 9.17) is 16.3 Å². The Bertz CT molecular complexity index is 879. The molecule has 11 heteroatoms. The molecule has 0 saturated carbocycles. The number of fused-ring (bicyclic) bond motifs is 1. The van der Waals surface area contributed by atoms with Gasteiger partial charge < -0.3 is 15.0 Å². The van der Waals surface area contributed by atoms with Crippen molar-refractivity contribution in [3.8, 4) is 5.75 Å². The third-order valence-electron chi connectivity index (χ3n) is 4.00. The van der Waals surface area contributed by atoms with Crippen LogP contribution in [0.2, 0.25) is 5.28 Å². The number of carbonyl (C=O) groups is 1. The summed E-state index contributed by atoms with van der Waals surface area (Å²) in [6.45, 7) is 0.421. The summed E-state index contributed by atoms with van der Waals surface area (Å²) in [6, 6.07) is 3.84. The first-order chi connectivity index (χ1) is 13.3. The van der Waals surface area contributed by atoms with E-state index in [0.717, 1.165) is 0 Å². The van der Waals surface area contributed by atoms with Crippen molar-refractivity contribution < 1.29 is 27.1 Å². The summed E-state index contributed by atoms with van der Waals surface area (Å²) in [4.78, 5) is 20.7. The molecule has 0 saturated heterocycles. The van der Waals surface area contributed by atoms with E-state index in [1.165, 1.54) is 23.1 Å². The molecule has 0 bridgehead atoms. The molecule has 1 amide bonds. The Kier molecular flexibility index (Phi) is 5.87. The number of hydrogen-bond acceptors (Lipinski definition) is 5. The number of aromatic nitrogens is 2. The smallest absolute Gasteiger partial charge is 0.421 e. The highest BCUT2D eigenvalue weighted by Gasteiger charge is 2.35. The van der Waals surface area contributed by atoms with Crippen molar-refractivity contribution in [3.05, 3.63) is 41.1 Å². The first kappa shape index (κ1) is 20.1. The van der Waals surface area contributed by atoms with Crippen LogP contribution in [-0.4, -0.2) is 35.6 Å². The van der Waals surface area contributed by atoms with Crippen LogP contribution in [0, 0.1) is 5.82 Å². The predicted octanol–water partition coefficient (Wildman–Crippen LogP) is 3.91. The highest BCUT2D eigenvalue weighted by Crippen LogP contribution is 2.34. The number of benzene rings is 1. The SMILES string of the molecule is O=C1CCOc2cc(F)ccc2N1CCCNc1nc(Cl)ncc1C(F)(F)F. The van der Waals surface area contributed by atoms with Crippen LogP contribution in [0.4, 0.5) is 29.1 Å². The molecule has 28 heavy (non-hydrogen) atoms. The second-order valence-corrected chi connectivity index (χ2v) is 6.27. The van der Waals surface area contributed by atoms with Crippen molar-refractivity contribution in [3.63, 3.8) is 0 Å². The first-order valence-electron chi connectivity index (χ1n) is 8.32. The van der Waals surface area contributed by atoms with Crippen LogP contribution < -0.4 is 15.0 Å². The number of halogens is 5. The van der Waals surface area contributed by atoms with Gasteiger partial charge in [0.1, 0.15) is 22.9 Å². The molecule has 2 aromatic rings. The van der Waals surface area contributed by atoms with Crippen LogP contribution in [0.25, 0.3) is 0 Å². The molecule has 0 spiro atoms. The fourth-order valence-electron chi connectivity index (χ4n) is 2.74. The lowest BCUT2D eigenvalue weighted by Crippen LogP contribution is -2.32. The number of amides is 1. The Morgan fingerprint density at radius 3 is 2.86 bits per heavy atom. The predicted molar refractivity (Wildman–Crippen MR) is 94.0 cm³/mol. The summed E-state index contributed by atoms with van der Waals surface area (Å²) < 4.78 is 57.8. The molecule has 1 aromatic carbocycles. The van der Waals surface area contributed by atoms with Gasteiger partial charge in [0.15, 0.2) is 0 Å². The van der Waals surface area contributed by atoms with E-state index in [1.807, 2.05) is 0 Å². The second-order valence-electron chi connectivity index (χ2n) is 5.94. The molecular formula is C17H15ClF4N4O2. The molecule has 150 valence electrons. The van der Waals surface area contributed by atoms with Gasteiger partial charge in [0.25, 0.3) is 0 Å². The van der Waals surface area contributed by atoms with Gasteiger partial charge in [-0.2, -0.15) is 13.2 Å². The van der Waals surface area contributed by atoms with Gasteiger partial charge in [-0.05, 0) is 30.2 Å². The van der Waals surface area contributed by atoms with Gasteiger partial charge in [-0.1, -0.05) is 0 Å². The summed E-state index contributed by atoms with van der Waals surface area (Å²) in [5, 5.41) is 2.27. The largest absolute Gasteiger partial charge is 0.491 e. The standard InChI is InChI=1S/C17H15ClF4N4O2/c18-16-24-9-11(17(20,21)22)15(25-16)23-5-1-6-26-12-3-2-10(19)8-13(12)28-7-4-14(26)27/h2-3,8-9H,1,4-7H2,(H,23,24,25). The van der Waals surface area contributed by atoms with E-state index in [2.05, 4.69) is 15.3 Å². The Labute approximate surface area is 162 Å². The van der Waals surface area contributed by atoms with E-state index in [9.17, 15) is 22.4 Å². The molecule has 0 unspecified atom stereocenters. The number of nitrogens with zero attached hydrogens (tertiary/aromatic N) is 3. The maximum atomic E-state index is 13.4. The van der Waals surface area contributed by atoms with E-state index in [1.54, 1.807) is 0 Å². The van der Waals surface area contributed by atoms with E-state index in [-0.39, 0.29) is 43.1 Å². The highest BCUT2D eigenvalue weighted by atomic mass is 35.5. The number of anilines is 2. The summed E-state index contributed by atoms with van der Waals surface area (Å²) in [6.07, 6.45) is -3.60. The first-order valence-corrected chi connectivity index (χ1v) is 8.70. The molecule has 0 fully saturated rings. The minimum absolute atomic E-state index is 0.0948. The Hall–Kier alpha value is -2.62. The van der Waals surface area contributed by atoms with Gasteiger partial charge in [0, 0.05) is 25.4 Å². The number of rotatable bonds is 5. The molecule has 3 rings (SSSR count). The molecule has 6 nitrogen and oxygen atoms in total. The van der Waals surface area contributed by atoms with E-state index in [0.29, 0.717) is 18.3 Å². The molecule has 0 radical (unpaired) electrons. The van der Waals surface area contributed by atoms with Gasteiger partial charge in [-0.3, -0.25) is 4.79 Å². The maximum absolute atomic E-state index is 13.4. The van der Waals surface area contributed by atoms with E-state index < -0.39 is 23.4 Å². The number of hydrogen-bond donors (Lipinski definition) is 1. The minimum Gasteiger partial charge on any atom is -0.491 e. The Morgan fingerprint density at radius 1 is 1.32 bits per heavy atom. The zero-order chi connectivity index (χ0) is 20.3. The monoisotopic (exact) mass is 418 g/mol. The fourth-order valence-corrected chi connectivity index (χ4v) is 2.87. The molecule has 1 aromatic heterocycles. The minimum atomic E-state index is -4.63. The molecule has 0 aliphatic carbocycles. The van der Waals surface area contributed by atoms with Crippen LogP contribution in [0.1, 0.15) is 18.4 Å². The third-order valence-corrected chi connectivity index (χ3v) is 4.19. The highest BCUT2D eigenvalue weighted by molar-refractivity contribution is 6.28. The number of carbonyl (C=O) groups excluding carboxylic acids is 1. The zero-order valence-electron chi connectivity index (χ0n) is 14.4.